The van der Waals surface area contributed by atoms with Crippen molar-refractivity contribution in [3.8, 4) is 5.75 Å². The summed E-state index contributed by atoms with van der Waals surface area (Å²) in [5.74, 6) is 1.03. The van der Waals surface area contributed by atoms with Gasteiger partial charge < -0.3 is 9.72 Å². The van der Waals surface area contributed by atoms with Gasteiger partial charge in [0.1, 0.15) is 5.75 Å². The Hall–Kier alpha value is -1.84. The van der Waals surface area contributed by atoms with E-state index in [1.54, 1.807) is 12.5 Å². The maximum absolute atomic E-state index is 5.35. The smallest absolute Gasteiger partial charge is 0.137 e. The summed E-state index contributed by atoms with van der Waals surface area (Å²) in [4.78, 5) is 11.5. The Morgan fingerprint density at radius 2 is 2.25 bits per heavy atom. The molecule has 2 aromatic heterocycles. The number of pyridine rings is 1. The fourth-order valence-electron chi connectivity index (χ4n) is 1.56. The molecule has 16 heavy (non-hydrogen) atoms. The van der Waals surface area contributed by atoms with E-state index in [9.17, 15) is 0 Å². The highest BCUT2D eigenvalue weighted by Gasteiger charge is 2.10. The number of ether oxygens (including phenoxy) is 1. The van der Waals surface area contributed by atoms with Crippen LogP contribution in [0.3, 0.4) is 0 Å². The molecule has 0 bridgehead atoms. The zero-order valence-electron chi connectivity index (χ0n) is 9.47. The highest BCUT2D eigenvalue weighted by atomic mass is 16.5. The van der Waals surface area contributed by atoms with E-state index in [1.165, 1.54) is 0 Å². The first-order valence-electron chi connectivity index (χ1n) is 5.38. The van der Waals surface area contributed by atoms with Crippen LogP contribution in [0.2, 0.25) is 0 Å². The Bertz CT molecular complexity index is 422. The van der Waals surface area contributed by atoms with E-state index in [1.807, 2.05) is 25.3 Å². The Balaban J connectivity index is 2.15. The van der Waals surface area contributed by atoms with Crippen LogP contribution < -0.4 is 4.74 Å². The van der Waals surface area contributed by atoms with E-state index in [2.05, 4.69) is 21.9 Å². The summed E-state index contributed by atoms with van der Waals surface area (Å²) in [6, 6.07) is 3.93. The van der Waals surface area contributed by atoms with Crippen molar-refractivity contribution in [1.82, 2.24) is 15.0 Å². The van der Waals surface area contributed by atoms with Crippen LogP contribution in [0.5, 0.6) is 5.75 Å². The van der Waals surface area contributed by atoms with Crippen molar-refractivity contribution < 1.29 is 4.74 Å². The third kappa shape index (κ3) is 2.21. The lowest BCUT2D eigenvalue weighted by molar-refractivity contribution is 0.338. The molecule has 0 saturated carbocycles. The number of nitrogens with zero attached hydrogens (tertiary/aromatic N) is 2. The minimum Gasteiger partial charge on any atom is -0.492 e. The number of nitrogens with one attached hydrogen (secondary N) is 1. The largest absolute Gasteiger partial charge is 0.492 e. The van der Waals surface area contributed by atoms with Gasteiger partial charge in [-0.15, -0.1) is 0 Å². The molecule has 2 aromatic rings. The lowest BCUT2D eigenvalue weighted by atomic mass is 10.0. The van der Waals surface area contributed by atoms with Crippen molar-refractivity contribution in [3.05, 3.63) is 42.2 Å². The van der Waals surface area contributed by atoms with Gasteiger partial charge in [-0.1, -0.05) is 6.92 Å². The zero-order chi connectivity index (χ0) is 11.4. The Morgan fingerprint density at radius 3 is 2.81 bits per heavy atom. The molecule has 0 aliphatic heterocycles. The van der Waals surface area contributed by atoms with Crippen LogP contribution in [0.1, 0.15) is 31.2 Å². The molecular formula is C12H15N3O. The predicted molar refractivity (Wildman–Crippen MR) is 61.5 cm³/mol. The second-order valence-electron chi connectivity index (χ2n) is 3.58. The molecule has 2 heterocycles. The molecule has 4 heteroatoms. The molecule has 0 radical (unpaired) electrons. The van der Waals surface area contributed by atoms with Gasteiger partial charge in [0, 0.05) is 23.5 Å². The molecule has 0 fully saturated rings. The summed E-state index contributed by atoms with van der Waals surface area (Å²) in [5, 5.41) is 0. The van der Waals surface area contributed by atoms with Gasteiger partial charge >= 0.3 is 0 Å². The molecule has 0 spiro atoms. The number of hydrogen-bond donors (Lipinski definition) is 1. The second kappa shape index (κ2) is 4.79. The van der Waals surface area contributed by atoms with Crippen molar-refractivity contribution in [3.63, 3.8) is 0 Å². The molecule has 1 unspecified atom stereocenters. The van der Waals surface area contributed by atoms with Crippen LogP contribution in [0.4, 0.5) is 0 Å². The first-order chi connectivity index (χ1) is 7.81. The predicted octanol–water partition coefficient (Wildman–Crippen LogP) is 2.36. The van der Waals surface area contributed by atoms with Gasteiger partial charge in [0.25, 0.3) is 0 Å². The van der Waals surface area contributed by atoms with E-state index in [0.717, 1.165) is 17.1 Å². The third-order valence-electron chi connectivity index (χ3n) is 2.50. The lowest BCUT2D eigenvalue weighted by Gasteiger charge is -2.09. The average Bonchev–Trinajstić information content (AvgIpc) is 2.83. The maximum atomic E-state index is 5.35. The molecule has 1 atom stereocenters. The van der Waals surface area contributed by atoms with Crippen LogP contribution in [-0.4, -0.2) is 21.6 Å². The van der Waals surface area contributed by atoms with E-state index in [0.29, 0.717) is 6.61 Å². The number of hydrogen-bond acceptors (Lipinski definition) is 3. The SMILES string of the molecule is CCOc1ccc(C(C)c2cnc[nH]2)nc1. The Labute approximate surface area is 94.7 Å². The number of imidazole rings is 1. The minimum atomic E-state index is 0.221. The molecule has 4 nitrogen and oxygen atoms in total. The van der Waals surface area contributed by atoms with Crippen molar-refractivity contribution in [2.45, 2.75) is 19.8 Å². The molecule has 0 saturated heterocycles. The van der Waals surface area contributed by atoms with E-state index >= 15 is 0 Å². The monoisotopic (exact) mass is 217 g/mol. The summed E-state index contributed by atoms with van der Waals surface area (Å²) in [6.45, 7) is 4.72. The summed E-state index contributed by atoms with van der Waals surface area (Å²) in [5.41, 5.74) is 2.07. The van der Waals surface area contributed by atoms with Gasteiger partial charge in [-0.05, 0) is 19.1 Å². The average molecular weight is 217 g/mol. The first kappa shape index (κ1) is 10.7. The van der Waals surface area contributed by atoms with Crippen LogP contribution in [0.25, 0.3) is 0 Å². The number of rotatable bonds is 4. The van der Waals surface area contributed by atoms with Gasteiger partial charge in [0.15, 0.2) is 0 Å². The molecule has 0 aromatic carbocycles. The third-order valence-corrected chi connectivity index (χ3v) is 2.50. The van der Waals surface area contributed by atoms with Crippen molar-refractivity contribution in [2.75, 3.05) is 6.61 Å². The molecule has 2 rings (SSSR count). The van der Waals surface area contributed by atoms with Crippen LogP contribution in [0.15, 0.2) is 30.9 Å². The fraction of sp³-hybridized carbons (Fsp3) is 0.333. The molecule has 84 valence electrons. The van der Waals surface area contributed by atoms with E-state index in [4.69, 9.17) is 4.74 Å². The molecule has 0 aliphatic carbocycles. The molecule has 0 amide bonds. The van der Waals surface area contributed by atoms with E-state index in [-0.39, 0.29) is 5.92 Å². The Kier molecular flexibility index (Phi) is 3.19. The van der Waals surface area contributed by atoms with Gasteiger partial charge in [-0.25, -0.2) is 4.98 Å². The standard InChI is InChI=1S/C12H15N3O/c1-3-16-10-4-5-11(14-6-10)9(2)12-7-13-8-15-12/h4-9H,3H2,1-2H3,(H,13,15). The summed E-state index contributed by atoms with van der Waals surface area (Å²) in [7, 11) is 0. The molecule has 1 N–H and O–H groups in total. The normalized spacial score (nSPS) is 12.4. The van der Waals surface area contributed by atoms with Crippen molar-refractivity contribution >= 4 is 0 Å². The number of aromatic nitrogens is 3. The minimum absolute atomic E-state index is 0.221. The van der Waals surface area contributed by atoms with Gasteiger partial charge in [0.2, 0.25) is 0 Å². The second-order valence-corrected chi connectivity index (χ2v) is 3.58. The maximum Gasteiger partial charge on any atom is 0.137 e. The van der Waals surface area contributed by atoms with Crippen LogP contribution >= 0.6 is 0 Å². The summed E-state index contributed by atoms with van der Waals surface area (Å²) in [6.07, 6.45) is 5.26. The number of H-pyrrole nitrogens is 1. The highest BCUT2D eigenvalue weighted by molar-refractivity contribution is 5.25. The van der Waals surface area contributed by atoms with Crippen molar-refractivity contribution in [1.29, 1.82) is 0 Å². The Morgan fingerprint density at radius 1 is 1.38 bits per heavy atom. The van der Waals surface area contributed by atoms with Crippen LogP contribution in [-0.2, 0) is 0 Å². The quantitative estimate of drug-likeness (QED) is 0.855. The summed E-state index contributed by atoms with van der Waals surface area (Å²) >= 11 is 0. The van der Waals surface area contributed by atoms with Crippen LogP contribution in [0, 0.1) is 0 Å². The molecular weight excluding hydrogens is 202 g/mol. The number of aromatic amines is 1. The van der Waals surface area contributed by atoms with E-state index < -0.39 is 0 Å². The fourth-order valence-corrected chi connectivity index (χ4v) is 1.56. The summed E-state index contributed by atoms with van der Waals surface area (Å²) < 4.78 is 5.35. The first-order valence-corrected chi connectivity index (χ1v) is 5.38. The van der Waals surface area contributed by atoms with Gasteiger partial charge in [-0.2, -0.15) is 0 Å². The highest BCUT2D eigenvalue weighted by Crippen LogP contribution is 2.21. The van der Waals surface area contributed by atoms with Gasteiger partial charge in [0.05, 0.1) is 19.1 Å². The van der Waals surface area contributed by atoms with Crippen molar-refractivity contribution in [2.24, 2.45) is 0 Å². The zero-order valence-corrected chi connectivity index (χ0v) is 9.47. The topological polar surface area (TPSA) is 50.8 Å². The lowest BCUT2D eigenvalue weighted by Crippen LogP contribution is -2.00. The van der Waals surface area contributed by atoms with Gasteiger partial charge in [-0.3, -0.25) is 4.98 Å². The molecule has 0 aliphatic rings.